The topological polar surface area (TPSA) is 4.93 Å². The van der Waals surface area contributed by atoms with Crippen molar-refractivity contribution in [3.63, 3.8) is 0 Å². The Morgan fingerprint density at radius 3 is 2.00 bits per heavy atom. The minimum atomic E-state index is 1.19. The number of hydrogen-bond acceptors (Lipinski definition) is 1. The molecule has 0 saturated heterocycles. The van der Waals surface area contributed by atoms with E-state index < -0.39 is 0 Å². The lowest BCUT2D eigenvalue weighted by molar-refractivity contribution is 1.18. The molecule has 0 aliphatic heterocycles. The Bertz CT molecular complexity index is 2090. The molecule has 8 rings (SSSR count). The largest absolute Gasteiger partial charge is 0.309 e. The second kappa shape index (κ2) is 7.55. The Morgan fingerprint density at radius 1 is 0.444 bits per heavy atom. The molecule has 2 heterocycles. The SMILES string of the molecule is c1ccc2cc(-c3ccc(-n4c5cccc6sc7ccccc7c7cccc4c7c65)cc3)ccc2c1. The molecule has 0 spiro atoms. The molecule has 0 N–H and O–H groups in total. The predicted octanol–water partition coefficient (Wildman–Crippen LogP) is 9.97. The molecule has 0 radical (unpaired) electrons. The third kappa shape index (κ3) is 2.82. The molecule has 0 saturated carbocycles. The first-order valence-corrected chi connectivity index (χ1v) is 13.1. The Balaban J connectivity index is 1.38. The van der Waals surface area contributed by atoms with Gasteiger partial charge in [0.15, 0.2) is 0 Å². The van der Waals surface area contributed by atoms with Crippen molar-refractivity contribution >= 4 is 64.1 Å². The van der Waals surface area contributed by atoms with Crippen molar-refractivity contribution in [1.82, 2.24) is 4.57 Å². The van der Waals surface area contributed by atoms with Gasteiger partial charge in [-0.25, -0.2) is 0 Å². The van der Waals surface area contributed by atoms with Gasteiger partial charge in [0.05, 0.1) is 11.0 Å². The second-order valence-corrected chi connectivity index (χ2v) is 10.5. The van der Waals surface area contributed by atoms with Crippen molar-refractivity contribution in [2.45, 2.75) is 0 Å². The lowest BCUT2D eigenvalue weighted by Crippen LogP contribution is -1.93. The molecule has 0 bridgehead atoms. The second-order valence-electron chi connectivity index (χ2n) is 9.39. The van der Waals surface area contributed by atoms with Gasteiger partial charge >= 0.3 is 0 Å². The maximum atomic E-state index is 2.43. The summed E-state index contributed by atoms with van der Waals surface area (Å²) in [5.41, 5.74) is 6.18. The van der Waals surface area contributed by atoms with Crippen molar-refractivity contribution in [1.29, 1.82) is 0 Å². The van der Waals surface area contributed by atoms with E-state index >= 15 is 0 Å². The highest BCUT2D eigenvalue weighted by molar-refractivity contribution is 7.24. The molecule has 168 valence electrons. The van der Waals surface area contributed by atoms with Crippen LogP contribution in [0.4, 0.5) is 0 Å². The van der Waals surface area contributed by atoms with Gasteiger partial charge in [0.2, 0.25) is 0 Å². The van der Waals surface area contributed by atoms with Crippen molar-refractivity contribution in [3.8, 4) is 16.8 Å². The summed E-state index contributed by atoms with van der Waals surface area (Å²) in [6, 6.07) is 46.5. The zero-order chi connectivity index (χ0) is 23.6. The third-order valence-electron chi connectivity index (χ3n) is 7.38. The lowest BCUT2D eigenvalue weighted by Gasteiger charge is -2.10. The van der Waals surface area contributed by atoms with E-state index in [0.717, 1.165) is 0 Å². The molecule has 0 amide bonds. The van der Waals surface area contributed by atoms with Crippen LogP contribution in [0.2, 0.25) is 0 Å². The van der Waals surface area contributed by atoms with E-state index in [1.54, 1.807) is 0 Å². The van der Waals surface area contributed by atoms with Gasteiger partial charge in [-0.05, 0) is 75.1 Å². The fourth-order valence-corrected chi connectivity index (χ4v) is 6.86. The molecule has 0 aliphatic carbocycles. The summed E-state index contributed by atoms with van der Waals surface area (Å²) in [5.74, 6) is 0. The van der Waals surface area contributed by atoms with Crippen LogP contribution in [-0.2, 0) is 0 Å². The van der Waals surface area contributed by atoms with E-state index in [1.807, 2.05) is 11.3 Å². The van der Waals surface area contributed by atoms with Gasteiger partial charge in [-0.15, -0.1) is 11.3 Å². The van der Waals surface area contributed by atoms with Gasteiger partial charge in [0.25, 0.3) is 0 Å². The highest BCUT2D eigenvalue weighted by atomic mass is 32.1. The highest BCUT2D eigenvalue weighted by Crippen LogP contribution is 2.42. The van der Waals surface area contributed by atoms with Crippen LogP contribution in [-0.4, -0.2) is 4.57 Å². The number of fused-ring (bicyclic) bond motifs is 3. The molecule has 8 aromatic rings. The van der Waals surface area contributed by atoms with Crippen LogP contribution >= 0.6 is 11.3 Å². The quantitative estimate of drug-likeness (QED) is 0.234. The average Bonchev–Trinajstić information content (AvgIpc) is 3.20. The number of aromatic nitrogens is 1. The molecule has 0 unspecified atom stereocenters. The van der Waals surface area contributed by atoms with Crippen LogP contribution in [0.15, 0.2) is 127 Å². The van der Waals surface area contributed by atoms with Crippen LogP contribution in [0.3, 0.4) is 0 Å². The van der Waals surface area contributed by atoms with Gasteiger partial charge in [-0.2, -0.15) is 0 Å². The van der Waals surface area contributed by atoms with Gasteiger partial charge in [-0.1, -0.05) is 84.9 Å². The summed E-state index contributed by atoms with van der Waals surface area (Å²) in [6.45, 7) is 0. The molecule has 36 heavy (non-hydrogen) atoms. The van der Waals surface area contributed by atoms with Gasteiger partial charge in [0, 0.05) is 25.9 Å². The minimum Gasteiger partial charge on any atom is -0.309 e. The van der Waals surface area contributed by atoms with E-state index in [4.69, 9.17) is 0 Å². The summed E-state index contributed by atoms with van der Waals surface area (Å²) >= 11 is 1.88. The Labute approximate surface area is 212 Å². The number of benzene rings is 6. The fraction of sp³-hybridized carbons (Fsp3) is 0. The van der Waals surface area contributed by atoms with Crippen LogP contribution in [0.1, 0.15) is 0 Å². The third-order valence-corrected chi connectivity index (χ3v) is 8.52. The summed E-state index contributed by atoms with van der Waals surface area (Å²) in [4.78, 5) is 0. The van der Waals surface area contributed by atoms with Crippen LogP contribution < -0.4 is 0 Å². The lowest BCUT2D eigenvalue weighted by atomic mass is 10.0. The first kappa shape index (κ1) is 19.9. The fourth-order valence-electron chi connectivity index (χ4n) is 5.73. The number of rotatable bonds is 2. The van der Waals surface area contributed by atoms with Crippen molar-refractivity contribution in [3.05, 3.63) is 127 Å². The van der Waals surface area contributed by atoms with Gasteiger partial charge in [-0.3, -0.25) is 0 Å². The highest BCUT2D eigenvalue weighted by Gasteiger charge is 2.17. The maximum Gasteiger partial charge on any atom is 0.0555 e. The molecule has 0 atom stereocenters. The first-order valence-electron chi connectivity index (χ1n) is 12.3. The van der Waals surface area contributed by atoms with E-state index in [0.29, 0.717) is 0 Å². The molecular weight excluding hydrogens is 454 g/mol. The van der Waals surface area contributed by atoms with E-state index in [2.05, 4.69) is 132 Å². The van der Waals surface area contributed by atoms with Crippen molar-refractivity contribution in [2.75, 3.05) is 0 Å². The zero-order valence-electron chi connectivity index (χ0n) is 19.5. The molecule has 1 nitrogen and oxygen atoms in total. The van der Waals surface area contributed by atoms with Crippen LogP contribution in [0, 0.1) is 0 Å². The van der Waals surface area contributed by atoms with E-state index in [-0.39, 0.29) is 0 Å². The monoisotopic (exact) mass is 475 g/mol. The molecule has 0 aliphatic rings. The summed E-state index contributed by atoms with van der Waals surface area (Å²) < 4.78 is 5.07. The van der Waals surface area contributed by atoms with Gasteiger partial charge in [0.1, 0.15) is 0 Å². The van der Waals surface area contributed by atoms with Crippen molar-refractivity contribution in [2.24, 2.45) is 0 Å². The molecular formula is C34H21NS. The number of hydrogen-bond donors (Lipinski definition) is 0. The summed E-state index contributed by atoms with van der Waals surface area (Å²) in [6.07, 6.45) is 0. The Hall–Kier alpha value is -4.40. The van der Waals surface area contributed by atoms with E-state index in [1.165, 1.54) is 69.6 Å². The summed E-state index contributed by atoms with van der Waals surface area (Å²) in [5, 5.41) is 7.87. The van der Waals surface area contributed by atoms with Crippen LogP contribution in [0.25, 0.3) is 69.6 Å². The molecule has 0 fully saturated rings. The number of nitrogens with zero attached hydrogens (tertiary/aromatic N) is 1. The smallest absolute Gasteiger partial charge is 0.0555 e. The van der Waals surface area contributed by atoms with E-state index in [9.17, 15) is 0 Å². The Morgan fingerprint density at radius 2 is 1.11 bits per heavy atom. The maximum absolute atomic E-state index is 2.43. The standard InChI is InChI=1S/C34H21NS/c1-2-8-24-21-25(16-15-22(24)7-1)23-17-19-26(20-18-23)35-29-11-5-10-28-27-9-3-4-13-31(27)36-32-14-6-12-30(35)34(32)33(28)29/h1-21H. The van der Waals surface area contributed by atoms with Crippen LogP contribution in [0.5, 0.6) is 0 Å². The van der Waals surface area contributed by atoms with Crippen molar-refractivity contribution < 1.29 is 0 Å². The van der Waals surface area contributed by atoms with Gasteiger partial charge < -0.3 is 4.57 Å². The minimum absolute atomic E-state index is 1.19. The Kier molecular flexibility index (Phi) is 4.16. The summed E-state index contributed by atoms with van der Waals surface area (Å²) in [7, 11) is 0. The average molecular weight is 476 g/mol. The molecule has 2 aromatic heterocycles. The normalized spacial score (nSPS) is 11.9. The zero-order valence-corrected chi connectivity index (χ0v) is 20.3. The first-order chi connectivity index (χ1) is 17.8. The molecule has 2 heteroatoms. The molecule has 6 aromatic carbocycles. The predicted molar refractivity (Wildman–Crippen MR) is 157 cm³/mol.